The molecule has 5 heteroatoms. The van der Waals surface area contributed by atoms with Gasteiger partial charge in [0, 0.05) is 4.47 Å². The first-order chi connectivity index (χ1) is 7.22. The minimum atomic E-state index is -0.458. The number of Topliss-reactive ketones (excluding diaryl/α,β-unsaturated/α-hetero) is 1. The molecule has 0 saturated carbocycles. The number of ether oxygens (including phenoxy) is 1. The summed E-state index contributed by atoms with van der Waals surface area (Å²) < 4.78 is 6.21. The third-order valence-corrected chi connectivity index (χ3v) is 2.69. The second-order valence-electron chi connectivity index (χ2n) is 3.19. The van der Waals surface area contributed by atoms with E-state index in [1.54, 1.807) is 0 Å². The number of ketones is 1. The summed E-state index contributed by atoms with van der Waals surface area (Å²) in [6, 6.07) is 7.61. The van der Waals surface area contributed by atoms with Crippen molar-refractivity contribution in [1.82, 2.24) is 0 Å². The Balaban J connectivity index is 2.08. The molecule has 0 bridgehead atoms. The Hall–Kier alpha value is -1.29. The van der Waals surface area contributed by atoms with E-state index in [2.05, 4.69) is 20.7 Å². The summed E-state index contributed by atoms with van der Waals surface area (Å²) in [5, 5.41) is 0. The highest BCUT2D eigenvalue weighted by molar-refractivity contribution is 9.10. The van der Waals surface area contributed by atoms with E-state index in [0.717, 1.165) is 16.3 Å². The number of nitrogens with zero attached hydrogens (tertiary/aromatic N) is 1. The molecule has 0 aromatic heterocycles. The van der Waals surface area contributed by atoms with Crippen molar-refractivity contribution in [3.05, 3.63) is 34.3 Å². The summed E-state index contributed by atoms with van der Waals surface area (Å²) >= 11 is 3.33. The molecule has 0 spiro atoms. The van der Waals surface area contributed by atoms with Crippen LogP contribution in [0.2, 0.25) is 0 Å². The topological polar surface area (TPSA) is 67.5 Å². The molecule has 1 N–H and O–H groups in total. The van der Waals surface area contributed by atoms with Crippen molar-refractivity contribution in [3.63, 3.8) is 0 Å². The third kappa shape index (κ3) is 2.21. The average molecular weight is 268 g/mol. The highest BCUT2D eigenvalue weighted by atomic mass is 79.9. The van der Waals surface area contributed by atoms with Crippen LogP contribution in [0.15, 0.2) is 28.7 Å². The Bertz CT molecular complexity index is 437. The molecular weight excluding hydrogens is 260 g/mol. The zero-order chi connectivity index (χ0) is 10.8. The van der Waals surface area contributed by atoms with E-state index in [1.807, 2.05) is 24.3 Å². The Labute approximate surface area is 94.6 Å². The van der Waals surface area contributed by atoms with Gasteiger partial charge < -0.3 is 4.74 Å². The first-order valence-electron chi connectivity index (χ1n) is 4.37. The number of carbonyl (C=O) groups excluding carboxylic acids is 1. The SMILES string of the molecule is N=[N+]=CC(=O)C1OC1c1ccc(Br)cc1. The molecule has 2 rings (SSSR count). The Morgan fingerprint density at radius 1 is 1.47 bits per heavy atom. The van der Waals surface area contributed by atoms with Gasteiger partial charge in [0.05, 0.1) is 10.3 Å². The molecule has 1 saturated heterocycles. The summed E-state index contributed by atoms with van der Waals surface area (Å²) in [6.07, 6.45) is 0.340. The van der Waals surface area contributed by atoms with Crippen molar-refractivity contribution in [2.45, 2.75) is 12.2 Å². The fourth-order valence-corrected chi connectivity index (χ4v) is 1.64. The fraction of sp³-hybridized carbons (Fsp3) is 0.200. The maximum Gasteiger partial charge on any atom is 0.375 e. The van der Waals surface area contributed by atoms with Crippen LogP contribution in [0.1, 0.15) is 11.7 Å². The van der Waals surface area contributed by atoms with Crippen molar-refractivity contribution >= 4 is 27.9 Å². The van der Waals surface area contributed by atoms with Gasteiger partial charge in [-0.25, -0.2) is 0 Å². The summed E-state index contributed by atoms with van der Waals surface area (Å²) in [6.45, 7) is 0. The summed E-state index contributed by atoms with van der Waals surface area (Å²) in [5.41, 5.74) is 7.51. The molecule has 1 aromatic rings. The van der Waals surface area contributed by atoms with Gasteiger partial charge in [-0.1, -0.05) is 28.1 Å². The maximum absolute atomic E-state index is 11.3. The average Bonchev–Trinajstić information content (AvgIpc) is 2.99. The first-order valence-corrected chi connectivity index (χ1v) is 5.16. The lowest BCUT2D eigenvalue weighted by Gasteiger charge is -1.94. The van der Waals surface area contributed by atoms with Crippen molar-refractivity contribution in [3.8, 4) is 0 Å². The first kappa shape index (κ1) is 10.2. The van der Waals surface area contributed by atoms with Crippen LogP contribution < -0.4 is 0 Å². The number of halogens is 1. The third-order valence-electron chi connectivity index (χ3n) is 2.16. The quantitative estimate of drug-likeness (QED) is 0.393. The number of hydrogen-bond acceptors (Lipinski definition) is 3. The summed E-state index contributed by atoms with van der Waals surface area (Å²) in [7, 11) is 0. The van der Waals surface area contributed by atoms with Gasteiger partial charge in [0.2, 0.25) is 0 Å². The Morgan fingerprint density at radius 2 is 2.13 bits per heavy atom. The van der Waals surface area contributed by atoms with Crippen LogP contribution in [0.3, 0.4) is 0 Å². The van der Waals surface area contributed by atoms with Gasteiger partial charge in [-0.2, -0.15) is 0 Å². The molecule has 1 aliphatic heterocycles. The summed E-state index contributed by atoms with van der Waals surface area (Å²) in [4.78, 5) is 14.2. The minimum absolute atomic E-state index is 0.177. The van der Waals surface area contributed by atoms with Gasteiger partial charge >= 0.3 is 6.21 Å². The number of hydrogen-bond donors (Lipinski definition) is 1. The van der Waals surface area contributed by atoms with Gasteiger partial charge in [0.1, 0.15) is 6.10 Å². The standard InChI is InChI=1S/C10H8BrN2O2/c11-7-3-1-6(2-4-7)9-10(15-9)8(14)5-13-12/h1-5,9-10,12H/q+1. The van der Waals surface area contributed by atoms with E-state index in [9.17, 15) is 4.79 Å². The molecule has 1 aromatic carbocycles. The van der Waals surface area contributed by atoms with Crippen LogP contribution >= 0.6 is 15.9 Å². The number of rotatable bonds is 3. The van der Waals surface area contributed by atoms with Crippen LogP contribution in [-0.4, -0.2) is 22.9 Å². The zero-order valence-corrected chi connectivity index (χ0v) is 9.27. The Morgan fingerprint density at radius 3 is 2.73 bits per heavy atom. The number of benzene rings is 1. The van der Waals surface area contributed by atoms with Crippen molar-refractivity contribution in [2.24, 2.45) is 0 Å². The molecule has 1 heterocycles. The van der Waals surface area contributed by atoms with E-state index in [1.165, 1.54) is 0 Å². The van der Waals surface area contributed by atoms with Gasteiger partial charge in [-0.05, 0) is 17.7 Å². The van der Waals surface area contributed by atoms with Crippen LogP contribution in [-0.2, 0) is 9.53 Å². The van der Waals surface area contributed by atoms with E-state index in [0.29, 0.717) is 0 Å². The van der Waals surface area contributed by atoms with Crippen molar-refractivity contribution < 1.29 is 14.3 Å². The predicted molar refractivity (Wildman–Crippen MR) is 55.8 cm³/mol. The lowest BCUT2D eigenvalue weighted by atomic mass is 10.1. The van der Waals surface area contributed by atoms with Crippen LogP contribution in [0.25, 0.3) is 0 Å². The monoisotopic (exact) mass is 267 g/mol. The van der Waals surface area contributed by atoms with Crippen LogP contribution in [0.5, 0.6) is 0 Å². The zero-order valence-electron chi connectivity index (χ0n) is 7.68. The van der Waals surface area contributed by atoms with Gasteiger partial charge in [0.25, 0.3) is 5.78 Å². The normalized spacial score (nSPS) is 23.0. The van der Waals surface area contributed by atoms with Gasteiger partial charge in [-0.15, -0.1) is 0 Å². The van der Waals surface area contributed by atoms with Crippen molar-refractivity contribution in [2.75, 3.05) is 0 Å². The molecule has 1 fully saturated rings. The molecule has 15 heavy (non-hydrogen) atoms. The molecule has 0 amide bonds. The molecule has 0 radical (unpaired) electrons. The van der Waals surface area contributed by atoms with E-state index in [4.69, 9.17) is 10.3 Å². The minimum Gasteiger partial charge on any atom is -0.355 e. The molecule has 1 aliphatic rings. The molecule has 4 nitrogen and oxygen atoms in total. The highest BCUT2D eigenvalue weighted by Crippen LogP contribution is 2.39. The number of epoxide rings is 1. The lowest BCUT2D eigenvalue weighted by molar-refractivity contribution is -0.132. The molecule has 2 atom stereocenters. The largest absolute Gasteiger partial charge is 0.375 e. The second kappa shape index (κ2) is 4.06. The smallest absolute Gasteiger partial charge is 0.355 e. The highest BCUT2D eigenvalue weighted by Gasteiger charge is 2.47. The van der Waals surface area contributed by atoms with Crippen molar-refractivity contribution in [1.29, 1.82) is 5.53 Å². The number of nitrogens with one attached hydrogen (secondary N) is 1. The number of carbonyl (C=O) groups is 1. The van der Waals surface area contributed by atoms with Gasteiger partial charge in [-0.3, -0.25) is 4.79 Å². The van der Waals surface area contributed by atoms with Crippen LogP contribution in [0.4, 0.5) is 0 Å². The maximum atomic E-state index is 11.3. The molecule has 76 valence electrons. The van der Waals surface area contributed by atoms with Crippen LogP contribution in [0, 0.1) is 5.53 Å². The van der Waals surface area contributed by atoms with Gasteiger partial charge in [0.15, 0.2) is 6.10 Å². The lowest BCUT2D eigenvalue weighted by Crippen LogP contribution is -2.09. The predicted octanol–water partition coefficient (Wildman–Crippen LogP) is 1.77. The molecular formula is C10H8BrN2O2+. The molecule has 0 aliphatic carbocycles. The summed E-state index contributed by atoms with van der Waals surface area (Å²) in [5.74, 6) is -0.252. The Kier molecular flexibility index (Phi) is 2.77. The fourth-order valence-electron chi connectivity index (χ4n) is 1.37. The van der Waals surface area contributed by atoms with E-state index >= 15 is 0 Å². The van der Waals surface area contributed by atoms with E-state index in [-0.39, 0.29) is 11.9 Å². The van der Waals surface area contributed by atoms with E-state index < -0.39 is 6.10 Å². The molecule has 2 unspecified atom stereocenters. The second-order valence-corrected chi connectivity index (χ2v) is 4.11.